The Morgan fingerprint density at radius 1 is 1.14 bits per heavy atom. The van der Waals surface area contributed by atoms with Gasteiger partial charge in [-0.3, -0.25) is 4.79 Å². The van der Waals surface area contributed by atoms with Crippen molar-refractivity contribution in [3.05, 3.63) is 18.5 Å². The van der Waals surface area contributed by atoms with Crippen molar-refractivity contribution >= 4 is 22.6 Å². The summed E-state index contributed by atoms with van der Waals surface area (Å²) in [6, 6.07) is 3.84. The van der Waals surface area contributed by atoms with E-state index >= 15 is 0 Å². The second kappa shape index (κ2) is 8.43. The maximum Gasteiger partial charge on any atom is 0.227 e. The molecule has 29 heavy (non-hydrogen) atoms. The molecule has 1 amide bonds. The molecule has 0 spiro atoms. The number of benzene rings is 1. The summed E-state index contributed by atoms with van der Waals surface area (Å²) in [7, 11) is 5.17. The Hall–Kier alpha value is -2.57. The summed E-state index contributed by atoms with van der Waals surface area (Å²) in [6.07, 6.45) is 3.66. The summed E-state index contributed by atoms with van der Waals surface area (Å²) in [5.74, 6) is 2.96. The highest BCUT2D eigenvalue weighted by Gasteiger charge is 2.28. The molecule has 2 aromatic rings. The lowest BCUT2D eigenvalue weighted by Crippen LogP contribution is -2.43. The van der Waals surface area contributed by atoms with Gasteiger partial charge < -0.3 is 19.3 Å². The number of ether oxygens (including phenoxy) is 2. The maximum atomic E-state index is 12.5. The molecular formula is C22H32N4O3. The van der Waals surface area contributed by atoms with E-state index in [1.54, 1.807) is 20.5 Å². The first-order chi connectivity index (χ1) is 13.7. The molecule has 0 N–H and O–H groups in total. The Morgan fingerprint density at radius 3 is 2.34 bits per heavy atom. The van der Waals surface area contributed by atoms with Gasteiger partial charge in [0.25, 0.3) is 0 Å². The van der Waals surface area contributed by atoms with E-state index in [1.165, 1.54) is 0 Å². The van der Waals surface area contributed by atoms with Gasteiger partial charge in [0.2, 0.25) is 5.91 Å². The van der Waals surface area contributed by atoms with Crippen molar-refractivity contribution in [1.29, 1.82) is 0 Å². The van der Waals surface area contributed by atoms with Crippen LogP contribution in [0.5, 0.6) is 11.5 Å². The molecular weight excluding hydrogens is 368 g/mol. The summed E-state index contributed by atoms with van der Waals surface area (Å²) >= 11 is 0. The average molecular weight is 401 g/mol. The summed E-state index contributed by atoms with van der Waals surface area (Å²) in [5, 5.41) is 0.962. The number of amides is 1. The van der Waals surface area contributed by atoms with Crippen LogP contribution in [0.3, 0.4) is 0 Å². The zero-order valence-corrected chi connectivity index (χ0v) is 18.4. The van der Waals surface area contributed by atoms with E-state index in [4.69, 9.17) is 9.47 Å². The van der Waals surface area contributed by atoms with Gasteiger partial charge in [0.1, 0.15) is 12.1 Å². The Kier molecular flexibility index (Phi) is 6.15. The monoisotopic (exact) mass is 400 g/mol. The Morgan fingerprint density at radius 2 is 1.76 bits per heavy atom. The lowest BCUT2D eigenvalue weighted by atomic mass is 9.92. The van der Waals surface area contributed by atoms with Crippen LogP contribution in [0.25, 0.3) is 10.9 Å². The van der Waals surface area contributed by atoms with Crippen LogP contribution in [0.15, 0.2) is 18.5 Å². The van der Waals surface area contributed by atoms with Crippen LogP contribution < -0.4 is 14.4 Å². The van der Waals surface area contributed by atoms with E-state index in [0.29, 0.717) is 17.4 Å². The van der Waals surface area contributed by atoms with Crippen LogP contribution in [0.1, 0.15) is 33.6 Å². The second-order valence-electron chi connectivity index (χ2n) is 8.79. The molecule has 0 aliphatic carbocycles. The van der Waals surface area contributed by atoms with E-state index in [0.717, 1.165) is 49.2 Å². The molecule has 7 nitrogen and oxygen atoms in total. The molecule has 0 atom stereocenters. The molecule has 0 radical (unpaired) electrons. The molecule has 0 unspecified atom stereocenters. The van der Waals surface area contributed by atoms with E-state index in [-0.39, 0.29) is 11.3 Å². The van der Waals surface area contributed by atoms with E-state index in [2.05, 4.69) is 14.9 Å². The average Bonchev–Trinajstić information content (AvgIpc) is 2.71. The molecule has 1 aliphatic heterocycles. The molecule has 0 bridgehead atoms. The quantitative estimate of drug-likeness (QED) is 0.767. The number of methoxy groups -OCH3 is 2. The predicted octanol–water partition coefficient (Wildman–Crippen LogP) is 3.37. The third-order valence-electron chi connectivity index (χ3n) is 5.55. The minimum atomic E-state index is -0.338. The first-order valence-corrected chi connectivity index (χ1v) is 10.1. The number of hydrogen-bond donors (Lipinski definition) is 0. The minimum Gasteiger partial charge on any atom is -0.493 e. The number of carbonyl (C=O) groups is 1. The summed E-state index contributed by atoms with van der Waals surface area (Å²) in [6.45, 7) is 8.53. The van der Waals surface area contributed by atoms with Gasteiger partial charge in [0.05, 0.1) is 19.7 Å². The van der Waals surface area contributed by atoms with Crippen LogP contribution in [0.2, 0.25) is 0 Å². The summed E-state index contributed by atoms with van der Waals surface area (Å²) in [5.41, 5.74) is 0.500. The lowest BCUT2D eigenvalue weighted by Gasteiger charge is -2.36. The highest BCUT2D eigenvalue weighted by atomic mass is 16.5. The molecule has 1 aromatic carbocycles. The number of aromatic nitrogens is 2. The van der Waals surface area contributed by atoms with E-state index < -0.39 is 0 Å². The number of piperidine rings is 1. The van der Waals surface area contributed by atoms with Gasteiger partial charge in [-0.05, 0) is 24.8 Å². The number of hydrogen-bond acceptors (Lipinski definition) is 6. The van der Waals surface area contributed by atoms with Gasteiger partial charge in [0.15, 0.2) is 11.5 Å². The van der Waals surface area contributed by atoms with Crippen molar-refractivity contribution in [3.8, 4) is 11.5 Å². The van der Waals surface area contributed by atoms with Gasteiger partial charge in [-0.2, -0.15) is 0 Å². The molecule has 158 valence electrons. The largest absolute Gasteiger partial charge is 0.493 e. The van der Waals surface area contributed by atoms with Gasteiger partial charge in [-0.1, -0.05) is 20.8 Å². The van der Waals surface area contributed by atoms with E-state index in [9.17, 15) is 4.79 Å². The van der Waals surface area contributed by atoms with Crippen LogP contribution in [-0.2, 0) is 4.79 Å². The van der Waals surface area contributed by atoms with Gasteiger partial charge in [0, 0.05) is 43.5 Å². The SMILES string of the molecule is COc1cc2ncnc(N3CCC(CN(C)C(=O)C(C)(C)C)CC3)c2cc1OC. The third kappa shape index (κ3) is 4.54. The Balaban J connectivity index is 1.72. The standard InChI is InChI=1S/C22H32N4O3/c1-22(2,3)21(27)25(4)13-15-7-9-26(10-8-15)20-16-11-18(28-5)19(29-6)12-17(16)23-14-24-20/h11-12,14-15H,7-10,13H2,1-6H3. The zero-order valence-electron chi connectivity index (χ0n) is 18.4. The Labute approximate surface area is 173 Å². The van der Waals surface area contributed by atoms with Crippen molar-refractivity contribution in [2.45, 2.75) is 33.6 Å². The van der Waals surface area contributed by atoms with E-state index in [1.807, 2.05) is 44.9 Å². The predicted molar refractivity (Wildman–Crippen MR) is 115 cm³/mol. The molecule has 0 saturated carbocycles. The zero-order chi connectivity index (χ0) is 21.2. The first kappa shape index (κ1) is 21.1. The maximum absolute atomic E-state index is 12.5. The van der Waals surface area contributed by atoms with Gasteiger partial charge in [-0.25, -0.2) is 9.97 Å². The number of rotatable bonds is 5. The molecule has 1 aliphatic rings. The van der Waals surface area contributed by atoms with Crippen molar-refractivity contribution in [2.75, 3.05) is 45.8 Å². The molecule has 1 saturated heterocycles. The number of fused-ring (bicyclic) bond motifs is 1. The smallest absolute Gasteiger partial charge is 0.227 e. The topological polar surface area (TPSA) is 67.8 Å². The summed E-state index contributed by atoms with van der Waals surface area (Å²) < 4.78 is 10.9. The second-order valence-corrected chi connectivity index (χ2v) is 8.79. The molecule has 1 fully saturated rings. The fraction of sp³-hybridized carbons (Fsp3) is 0.591. The van der Waals surface area contributed by atoms with Crippen molar-refractivity contribution in [3.63, 3.8) is 0 Å². The minimum absolute atomic E-state index is 0.197. The first-order valence-electron chi connectivity index (χ1n) is 10.1. The molecule has 3 rings (SSSR count). The normalized spacial score (nSPS) is 15.4. The van der Waals surface area contributed by atoms with Crippen molar-refractivity contribution in [1.82, 2.24) is 14.9 Å². The van der Waals surface area contributed by atoms with Crippen LogP contribution >= 0.6 is 0 Å². The van der Waals surface area contributed by atoms with Crippen molar-refractivity contribution in [2.24, 2.45) is 11.3 Å². The van der Waals surface area contributed by atoms with Crippen molar-refractivity contribution < 1.29 is 14.3 Å². The fourth-order valence-corrected chi connectivity index (χ4v) is 3.99. The highest BCUT2D eigenvalue weighted by molar-refractivity contribution is 5.92. The number of anilines is 1. The number of nitrogens with zero attached hydrogens (tertiary/aromatic N) is 4. The highest BCUT2D eigenvalue weighted by Crippen LogP contribution is 2.35. The molecule has 2 heterocycles. The van der Waals surface area contributed by atoms with Gasteiger partial charge in [-0.15, -0.1) is 0 Å². The van der Waals surface area contributed by atoms with Crippen LogP contribution in [-0.4, -0.2) is 61.7 Å². The number of carbonyl (C=O) groups excluding carboxylic acids is 1. The fourth-order valence-electron chi connectivity index (χ4n) is 3.99. The molecule has 1 aromatic heterocycles. The van der Waals surface area contributed by atoms with Crippen LogP contribution in [0, 0.1) is 11.3 Å². The third-order valence-corrected chi connectivity index (χ3v) is 5.55. The lowest BCUT2D eigenvalue weighted by molar-refractivity contribution is -0.138. The molecule has 7 heteroatoms. The summed E-state index contributed by atoms with van der Waals surface area (Å²) in [4.78, 5) is 25.6. The van der Waals surface area contributed by atoms with Gasteiger partial charge >= 0.3 is 0 Å². The van der Waals surface area contributed by atoms with Crippen LogP contribution in [0.4, 0.5) is 5.82 Å². The Bertz CT molecular complexity index is 870.